The molecule has 7 heteroatoms. The van der Waals surface area contributed by atoms with E-state index in [9.17, 15) is 4.79 Å². The molecule has 0 atom stereocenters. The Hall–Kier alpha value is -2.66. The molecule has 3 aromatic rings. The van der Waals surface area contributed by atoms with Crippen LogP contribution in [0.4, 0.5) is 5.69 Å². The standard InChI is InChI=1S/C23H18Cl3NO3/c1-29-20-7-2-4-16(23(20)30-14-15-8-11-17(24)12-9-15)10-13-21(28)27-22-18(25)5-3-6-19(22)26/h2-13H,14H2,1H3,(H,27,28)/b13-10+. The highest BCUT2D eigenvalue weighted by atomic mass is 35.5. The lowest BCUT2D eigenvalue weighted by Crippen LogP contribution is -2.08. The first-order valence-corrected chi connectivity index (χ1v) is 10.1. The van der Waals surface area contributed by atoms with Gasteiger partial charge in [-0.3, -0.25) is 4.79 Å². The van der Waals surface area contributed by atoms with E-state index in [4.69, 9.17) is 44.3 Å². The number of hydrogen-bond donors (Lipinski definition) is 1. The molecule has 154 valence electrons. The second-order valence-corrected chi connectivity index (χ2v) is 7.46. The lowest BCUT2D eigenvalue weighted by molar-refractivity contribution is -0.111. The average Bonchev–Trinajstić information content (AvgIpc) is 2.74. The van der Waals surface area contributed by atoms with Crippen LogP contribution in [-0.4, -0.2) is 13.0 Å². The Morgan fingerprint density at radius 1 is 0.967 bits per heavy atom. The minimum atomic E-state index is -0.378. The summed E-state index contributed by atoms with van der Waals surface area (Å²) in [6.07, 6.45) is 3.02. The van der Waals surface area contributed by atoms with Gasteiger partial charge < -0.3 is 14.8 Å². The molecule has 0 radical (unpaired) electrons. The van der Waals surface area contributed by atoms with Crippen molar-refractivity contribution in [3.63, 3.8) is 0 Å². The maximum absolute atomic E-state index is 12.4. The van der Waals surface area contributed by atoms with E-state index in [-0.39, 0.29) is 5.91 Å². The minimum Gasteiger partial charge on any atom is -0.493 e. The van der Waals surface area contributed by atoms with Crippen LogP contribution in [0, 0.1) is 0 Å². The van der Waals surface area contributed by atoms with Crippen LogP contribution in [0.2, 0.25) is 15.1 Å². The number of nitrogens with one attached hydrogen (secondary N) is 1. The number of halogens is 3. The largest absolute Gasteiger partial charge is 0.493 e. The van der Waals surface area contributed by atoms with Crippen LogP contribution < -0.4 is 14.8 Å². The first kappa shape index (κ1) is 22.0. The van der Waals surface area contributed by atoms with Crippen LogP contribution in [0.1, 0.15) is 11.1 Å². The van der Waals surface area contributed by atoms with Gasteiger partial charge in [0.05, 0.1) is 22.8 Å². The van der Waals surface area contributed by atoms with Crippen LogP contribution >= 0.6 is 34.8 Å². The lowest BCUT2D eigenvalue weighted by Gasteiger charge is -2.13. The van der Waals surface area contributed by atoms with Gasteiger partial charge in [-0.1, -0.05) is 65.1 Å². The monoisotopic (exact) mass is 461 g/mol. The zero-order chi connectivity index (χ0) is 21.5. The second-order valence-electron chi connectivity index (χ2n) is 6.21. The van der Waals surface area contributed by atoms with Gasteiger partial charge in [-0.15, -0.1) is 0 Å². The summed E-state index contributed by atoms with van der Waals surface area (Å²) in [5.74, 6) is 0.701. The first-order valence-electron chi connectivity index (χ1n) is 8.95. The predicted molar refractivity (Wildman–Crippen MR) is 123 cm³/mol. The van der Waals surface area contributed by atoms with E-state index in [1.165, 1.54) is 6.08 Å². The molecule has 0 aliphatic heterocycles. The molecule has 0 heterocycles. The van der Waals surface area contributed by atoms with Crippen LogP contribution in [0.15, 0.2) is 66.7 Å². The van der Waals surface area contributed by atoms with Crippen molar-refractivity contribution in [1.82, 2.24) is 0 Å². The van der Waals surface area contributed by atoms with Crippen molar-refractivity contribution < 1.29 is 14.3 Å². The van der Waals surface area contributed by atoms with Crippen LogP contribution in [0.3, 0.4) is 0 Å². The summed E-state index contributed by atoms with van der Waals surface area (Å²) in [4.78, 5) is 12.4. The molecule has 0 fully saturated rings. The fourth-order valence-electron chi connectivity index (χ4n) is 2.66. The third-order valence-electron chi connectivity index (χ3n) is 4.15. The maximum atomic E-state index is 12.4. The molecule has 1 N–H and O–H groups in total. The van der Waals surface area contributed by atoms with Gasteiger partial charge >= 0.3 is 0 Å². The van der Waals surface area contributed by atoms with E-state index in [2.05, 4.69) is 5.32 Å². The topological polar surface area (TPSA) is 47.6 Å². The normalized spacial score (nSPS) is 10.8. The Kier molecular flexibility index (Phi) is 7.63. The molecule has 0 unspecified atom stereocenters. The van der Waals surface area contributed by atoms with Gasteiger partial charge in [-0.05, 0) is 42.0 Å². The summed E-state index contributed by atoms with van der Waals surface area (Å²) in [6.45, 7) is 0.319. The number of rotatable bonds is 7. The molecular formula is C23H18Cl3NO3. The molecule has 3 aromatic carbocycles. The number of anilines is 1. The Morgan fingerprint density at radius 2 is 1.63 bits per heavy atom. The highest BCUT2D eigenvalue weighted by Crippen LogP contribution is 2.33. The van der Waals surface area contributed by atoms with E-state index >= 15 is 0 Å². The van der Waals surface area contributed by atoms with Gasteiger partial charge in [0.25, 0.3) is 0 Å². The molecular weight excluding hydrogens is 445 g/mol. The average molecular weight is 463 g/mol. The van der Waals surface area contributed by atoms with Gasteiger partial charge in [-0.2, -0.15) is 0 Å². The van der Waals surface area contributed by atoms with Crippen LogP contribution in [0.5, 0.6) is 11.5 Å². The number of carbonyl (C=O) groups is 1. The zero-order valence-corrected chi connectivity index (χ0v) is 18.3. The van der Waals surface area contributed by atoms with E-state index < -0.39 is 0 Å². The number of methoxy groups -OCH3 is 1. The minimum absolute atomic E-state index is 0.319. The molecule has 1 amide bonds. The summed E-state index contributed by atoms with van der Waals surface area (Å²) < 4.78 is 11.4. The smallest absolute Gasteiger partial charge is 0.248 e. The van der Waals surface area contributed by atoms with Crippen molar-refractivity contribution in [2.24, 2.45) is 0 Å². The second kappa shape index (κ2) is 10.4. The Labute approximate surface area is 190 Å². The number of carbonyl (C=O) groups excluding carboxylic acids is 1. The molecule has 0 saturated carbocycles. The molecule has 0 bridgehead atoms. The van der Waals surface area contributed by atoms with E-state index in [1.807, 2.05) is 24.3 Å². The lowest BCUT2D eigenvalue weighted by atomic mass is 10.1. The maximum Gasteiger partial charge on any atom is 0.248 e. The highest BCUT2D eigenvalue weighted by Gasteiger charge is 2.11. The summed E-state index contributed by atoms with van der Waals surface area (Å²) in [7, 11) is 1.56. The number of amides is 1. The number of benzene rings is 3. The SMILES string of the molecule is COc1cccc(/C=C/C(=O)Nc2c(Cl)cccc2Cl)c1OCc1ccc(Cl)cc1. The summed E-state index contributed by atoms with van der Waals surface area (Å²) in [6, 6.07) is 17.8. The van der Waals surface area contributed by atoms with Crippen molar-refractivity contribution in [3.8, 4) is 11.5 Å². The molecule has 30 heavy (non-hydrogen) atoms. The molecule has 0 spiro atoms. The molecule has 0 aliphatic rings. The fourth-order valence-corrected chi connectivity index (χ4v) is 3.28. The van der Waals surface area contributed by atoms with Gasteiger partial charge in [0, 0.05) is 16.7 Å². The fraction of sp³-hybridized carbons (Fsp3) is 0.0870. The summed E-state index contributed by atoms with van der Waals surface area (Å²) >= 11 is 18.1. The van der Waals surface area contributed by atoms with E-state index in [0.717, 1.165) is 5.56 Å². The molecule has 0 saturated heterocycles. The van der Waals surface area contributed by atoms with E-state index in [0.29, 0.717) is 44.4 Å². The van der Waals surface area contributed by atoms with Crippen molar-refractivity contribution >= 4 is 52.5 Å². The molecule has 4 nitrogen and oxygen atoms in total. The van der Waals surface area contributed by atoms with Crippen molar-refractivity contribution in [3.05, 3.63) is 92.9 Å². The van der Waals surface area contributed by atoms with Crippen LogP contribution in [0.25, 0.3) is 6.08 Å². The number of hydrogen-bond acceptors (Lipinski definition) is 3. The third kappa shape index (κ3) is 5.70. The Bertz CT molecular complexity index is 1050. The van der Waals surface area contributed by atoms with Crippen molar-refractivity contribution in [1.29, 1.82) is 0 Å². The Morgan fingerprint density at radius 3 is 2.30 bits per heavy atom. The van der Waals surface area contributed by atoms with Crippen molar-refractivity contribution in [2.75, 3.05) is 12.4 Å². The van der Waals surface area contributed by atoms with Crippen LogP contribution in [-0.2, 0) is 11.4 Å². The summed E-state index contributed by atoms with van der Waals surface area (Å²) in [5.41, 5.74) is 2.00. The van der Waals surface area contributed by atoms with E-state index in [1.54, 1.807) is 49.6 Å². The first-order chi connectivity index (χ1) is 14.5. The third-order valence-corrected chi connectivity index (χ3v) is 5.03. The van der Waals surface area contributed by atoms with Gasteiger partial charge in [-0.25, -0.2) is 0 Å². The van der Waals surface area contributed by atoms with Gasteiger partial charge in [0.2, 0.25) is 5.91 Å². The van der Waals surface area contributed by atoms with Gasteiger partial charge in [0.15, 0.2) is 11.5 Å². The van der Waals surface area contributed by atoms with Gasteiger partial charge in [0.1, 0.15) is 6.61 Å². The zero-order valence-electron chi connectivity index (χ0n) is 16.0. The predicted octanol–water partition coefficient (Wildman–Crippen LogP) is 6.89. The molecule has 0 aliphatic carbocycles. The quantitative estimate of drug-likeness (QED) is 0.389. The van der Waals surface area contributed by atoms with Crippen molar-refractivity contribution in [2.45, 2.75) is 6.61 Å². The molecule has 0 aromatic heterocycles. The highest BCUT2D eigenvalue weighted by molar-refractivity contribution is 6.39. The number of para-hydroxylation sites is 2. The molecule has 3 rings (SSSR count). The summed E-state index contributed by atoms with van der Waals surface area (Å²) in [5, 5.41) is 4.06. The Balaban J connectivity index is 1.77. The number of ether oxygens (including phenoxy) is 2.